The molecule has 0 saturated heterocycles. The quantitative estimate of drug-likeness (QED) is 0.863. The summed E-state index contributed by atoms with van der Waals surface area (Å²) in [5.41, 5.74) is 2.25. The zero-order valence-corrected chi connectivity index (χ0v) is 12.3. The second kappa shape index (κ2) is 5.20. The van der Waals surface area contributed by atoms with E-state index in [1.54, 1.807) is 13.0 Å². The Labute approximate surface area is 117 Å². The Balaban J connectivity index is 2.28. The van der Waals surface area contributed by atoms with E-state index in [1.165, 1.54) is 17.4 Å². The van der Waals surface area contributed by atoms with Gasteiger partial charge in [-0.15, -0.1) is 11.3 Å². The number of rotatable bonds is 2. The van der Waals surface area contributed by atoms with Gasteiger partial charge in [-0.25, -0.2) is 4.39 Å². The molecular weight excluding hydrogens is 317 g/mol. The average Bonchev–Trinajstić information content (AvgIpc) is 2.72. The van der Waals surface area contributed by atoms with Crippen LogP contribution >= 0.6 is 27.3 Å². The molecule has 5 heteroatoms. The molecule has 0 radical (unpaired) electrons. The number of nitrogens with one attached hydrogen (secondary N) is 1. The Hall–Kier alpha value is -1.20. The van der Waals surface area contributed by atoms with Crippen LogP contribution in [0.4, 0.5) is 10.1 Å². The third kappa shape index (κ3) is 2.62. The lowest BCUT2D eigenvalue weighted by Crippen LogP contribution is -2.12. The van der Waals surface area contributed by atoms with Gasteiger partial charge in [-0.2, -0.15) is 0 Å². The summed E-state index contributed by atoms with van der Waals surface area (Å²) in [5.74, 6) is -0.498. The first-order valence-corrected chi connectivity index (χ1v) is 6.97. The van der Waals surface area contributed by atoms with E-state index in [4.69, 9.17) is 0 Å². The predicted molar refractivity (Wildman–Crippen MR) is 75.8 cm³/mol. The van der Waals surface area contributed by atoms with E-state index in [2.05, 4.69) is 21.2 Å². The molecule has 0 unspecified atom stereocenters. The second-order valence-electron chi connectivity index (χ2n) is 3.97. The first-order chi connectivity index (χ1) is 8.49. The van der Waals surface area contributed by atoms with Gasteiger partial charge in [0, 0.05) is 5.69 Å². The molecule has 1 aromatic heterocycles. The van der Waals surface area contributed by atoms with Crippen LogP contribution in [0.15, 0.2) is 28.1 Å². The highest BCUT2D eigenvalue weighted by Gasteiger charge is 2.13. The minimum absolute atomic E-state index is 0.163. The highest BCUT2D eigenvalue weighted by molar-refractivity contribution is 9.10. The van der Waals surface area contributed by atoms with Gasteiger partial charge in [-0.05, 0) is 64.5 Å². The zero-order chi connectivity index (χ0) is 13.3. The van der Waals surface area contributed by atoms with E-state index >= 15 is 0 Å². The van der Waals surface area contributed by atoms with E-state index in [-0.39, 0.29) is 11.7 Å². The first kappa shape index (κ1) is 13.2. The van der Waals surface area contributed by atoms with Gasteiger partial charge in [0.1, 0.15) is 5.82 Å². The Morgan fingerprint density at radius 3 is 2.67 bits per heavy atom. The van der Waals surface area contributed by atoms with Crippen molar-refractivity contribution in [2.45, 2.75) is 13.8 Å². The molecule has 94 valence electrons. The van der Waals surface area contributed by atoms with Crippen molar-refractivity contribution >= 4 is 38.9 Å². The average molecular weight is 328 g/mol. The number of thiophene rings is 1. The minimum atomic E-state index is -0.335. The molecule has 0 aliphatic heterocycles. The molecule has 0 atom stereocenters. The van der Waals surface area contributed by atoms with Crippen LogP contribution < -0.4 is 5.32 Å². The maximum absolute atomic E-state index is 13.3. The summed E-state index contributed by atoms with van der Waals surface area (Å²) in [4.78, 5) is 12.7. The Bertz CT molecular complexity index is 609. The van der Waals surface area contributed by atoms with Gasteiger partial charge in [0.05, 0.1) is 9.35 Å². The fourth-order valence-electron chi connectivity index (χ4n) is 1.57. The SMILES string of the molecule is Cc1cc(F)c(Br)cc1NC(=O)c1sccc1C. The zero-order valence-electron chi connectivity index (χ0n) is 9.88. The van der Waals surface area contributed by atoms with Crippen LogP contribution in [0.1, 0.15) is 20.8 Å². The van der Waals surface area contributed by atoms with Crippen molar-refractivity contribution in [3.05, 3.63) is 49.9 Å². The summed E-state index contributed by atoms with van der Waals surface area (Å²) >= 11 is 4.50. The lowest BCUT2D eigenvalue weighted by atomic mass is 10.2. The Morgan fingerprint density at radius 1 is 1.33 bits per heavy atom. The van der Waals surface area contributed by atoms with Gasteiger partial charge in [0.25, 0.3) is 5.91 Å². The third-order valence-electron chi connectivity index (χ3n) is 2.58. The fourth-order valence-corrected chi connectivity index (χ4v) is 2.73. The summed E-state index contributed by atoms with van der Waals surface area (Å²) in [6.45, 7) is 3.64. The van der Waals surface area contributed by atoms with E-state index in [1.807, 2.05) is 18.4 Å². The Morgan fingerprint density at radius 2 is 2.06 bits per heavy atom. The van der Waals surface area contributed by atoms with Gasteiger partial charge < -0.3 is 5.32 Å². The number of carbonyl (C=O) groups excluding carboxylic acids is 1. The summed E-state index contributed by atoms with van der Waals surface area (Å²) in [6.07, 6.45) is 0. The number of hydrogen-bond acceptors (Lipinski definition) is 2. The first-order valence-electron chi connectivity index (χ1n) is 5.30. The third-order valence-corrected chi connectivity index (χ3v) is 4.21. The molecule has 1 N–H and O–H groups in total. The minimum Gasteiger partial charge on any atom is -0.321 e. The number of anilines is 1. The number of aryl methyl sites for hydroxylation is 2. The van der Waals surface area contributed by atoms with Crippen LogP contribution in [-0.4, -0.2) is 5.91 Å². The molecule has 1 amide bonds. The summed E-state index contributed by atoms with van der Waals surface area (Å²) in [7, 11) is 0. The lowest BCUT2D eigenvalue weighted by molar-refractivity contribution is 0.103. The van der Waals surface area contributed by atoms with Crippen LogP contribution in [0.3, 0.4) is 0 Å². The van der Waals surface area contributed by atoms with Crippen molar-refractivity contribution in [3.63, 3.8) is 0 Å². The maximum atomic E-state index is 13.3. The topological polar surface area (TPSA) is 29.1 Å². The smallest absolute Gasteiger partial charge is 0.266 e. The van der Waals surface area contributed by atoms with E-state index in [0.717, 1.165) is 5.56 Å². The largest absolute Gasteiger partial charge is 0.321 e. The van der Waals surface area contributed by atoms with Gasteiger partial charge in [0.15, 0.2) is 0 Å². The summed E-state index contributed by atoms with van der Waals surface area (Å²) < 4.78 is 13.6. The second-order valence-corrected chi connectivity index (χ2v) is 5.74. The highest BCUT2D eigenvalue weighted by Crippen LogP contribution is 2.25. The molecule has 1 aromatic carbocycles. The van der Waals surface area contributed by atoms with Gasteiger partial charge >= 0.3 is 0 Å². The summed E-state index contributed by atoms with van der Waals surface area (Å²) in [5, 5.41) is 4.67. The molecule has 0 aliphatic rings. The number of hydrogen-bond donors (Lipinski definition) is 1. The molecular formula is C13H11BrFNOS. The molecule has 18 heavy (non-hydrogen) atoms. The van der Waals surface area contributed by atoms with Crippen molar-refractivity contribution in [1.82, 2.24) is 0 Å². The van der Waals surface area contributed by atoms with Gasteiger partial charge in [-0.3, -0.25) is 4.79 Å². The molecule has 0 saturated carbocycles. The van der Waals surface area contributed by atoms with E-state index < -0.39 is 0 Å². The molecule has 0 fully saturated rings. The van der Waals surface area contributed by atoms with Gasteiger partial charge in [-0.1, -0.05) is 0 Å². The standard InChI is InChI=1S/C13H11BrFNOS/c1-7-3-4-18-12(7)13(17)16-11-6-9(14)10(15)5-8(11)2/h3-6H,1-2H3,(H,16,17). The van der Waals surface area contributed by atoms with Crippen molar-refractivity contribution in [2.75, 3.05) is 5.32 Å². The molecule has 0 bridgehead atoms. The molecule has 1 heterocycles. The normalized spacial score (nSPS) is 10.4. The molecule has 2 aromatic rings. The van der Waals surface area contributed by atoms with E-state index in [0.29, 0.717) is 20.6 Å². The van der Waals surface area contributed by atoms with Gasteiger partial charge in [0.2, 0.25) is 0 Å². The highest BCUT2D eigenvalue weighted by atomic mass is 79.9. The van der Waals surface area contributed by atoms with Crippen molar-refractivity contribution < 1.29 is 9.18 Å². The molecule has 2 rings (SSSR count). The van der Waals surface area contributed by atoms with Crippen molar-refractivity contribution in [2.24, 2.45) is 0 Å². The van der Waals surface area contributed by atoms with Crippen LogP contribution in [0.5, 0.6) is 0 Å². The van der Waals surface area contributed by atoms with Crippen molar-refractivity contribution in [1.29, 1.82) is 0 Å². The molecule has 2 nitrogen and oxygen atoms in total. The summed E-state index contributed by atoms with van der Waals surface area (Å²) in [6, 6.07) is 4.86. The maximum Gasteiger partial charge on any atom is 0.266 e. The predicted octanol–water partition coefficient (Wildman–Crippen LogP) is 4.52. The Kier molecular flexibility index (Phi) is 3.82. The number of amides is 1. The number of carbonyl (C=O) groups is 1. The molecule has 0 spiro atoms. The van der Waals surface area contributed by atoms with Crippen molar-refractivity contribution in [3.8, 4) is 0 Å². The fraction of sp³-hybridized carbons (Fsp3) is 0.154. The molecule has 0 aliphatic carbocycles. The number of halogens is 2. The lowest BCUT2D eigenvalue weighted by Gasteiger charge is -2.09. The van der Waals surface area contributed by atoms with Crippen LogP contribution in [0.25, 0.3) is 0 Å². The van der Waals surface area contributed by atoms with Crippen LogP contribution in [-0.2, 0) is 0 Å². The number of benzene rings is 1. The monoisotopic (exact) mass is 327 g/mol. The van der Waals surface area contributed by atoms with Crippen LogP contribution in [0.2, 0.25) is 0 Å². The van der Waals surface area contributed by atoms with E-state index in [9.17, 15) is 9.18 Å². The van der Waals surface area contributed by atoms with Crippen LogP contribution in [0, 0.1) is 19.7 Å².